The van der Waals surface area contributed by atoms with E-state index in [2.05, 4.69) is 0 Å². The maximum Gasteiger partial charge on any atom is 0.263 e. The summed E-state index contributed by atoms with van der Waals surface area (Å²) in [6.07, 6.45) is 1.55. The van der Waals surface area contributed by atoms with Gasteiger partial charge < -0.3 is 10.5 Å². The number of ether oxygens (including phenoxy) is 1. The lowest BCUT2D eigenvalue weighted by molar-refractivity contribution is 0.0648. The minimum atomic E-state index is -0.287. The number of amides is 2. The number of rotatable bonds is 5. The van der Waals surface area contributed by atoms with Gasteiger partial charge in [0.15, 0.2) is 0 Å². The van der Waals surface area contributed by atoms with Crippen LogP contribution in [-0.2, 0) is 4.74 Å². The fourth-order valence-corrected chi connectivity index (χ4v) is 2.08. The second kappa shape index (κ2) is 5.18. The Balaban J connectivity index is 2.11. The number of nitrogens with zero attached hydrogens (tertiary/aromatic N) is 1. The summed E-state index contributed by atoms with van der Waals surface area (Å²) in [5.41, 5.74) is 6.86. The molecule has 96 valence electrons. The SMILES string of the molecule is COCCCCN1C(=O)c2cccc(N)c2C1=O. The van der Waals surface area contributed by atoms with Crippen LogP contribution in [0.25, 0.3) is 0 Å². The van der Waals surface area contributed by atoms with Crippen molar-refractivity contribution in [3.8, 4) is 0 Å². The van der Waals surface area contributed by atoms with E-state index in [0.29, 0.717) is 30.0 Å². The van der Waals surface area contributed by atoms with Crippen LogP contribution in [0.5, 0.6) is 0 Å². The number of nitrogen functional groups attached to an aromatic ring is 1. The van der Waals surface area contributed by atoms with Gasteiger partial charge in [0.1, 0.15) is 0 Å². The van der Waals surface area contributed by atoms with Gasteiger partial charge in [-0.15, -0.1) is 0 Å². The smallest absolute Gasteiger partial charge is 0.263 e. The summed E-state index contributed by atoms with van der Waals surface area (Å²) in [5.74, 6) is -0.537. The van der Waals surface area contributed by atoms with Crippen LogP contribution in [0.1, 0.15) is 33.6 Å². The highest BCUT2D eigenvalue weighted by molar-refractivity contribution is 6.23. The van der Waals surface area contributed by atoms with Crippen molar-refractivity contribution in [2.45, 2.75) is 12.8 Å². The summed E-state index contributed by atoms with van der Waals surface area (Å²) in [7, 11) is 1.63. The number of hydrogen-bond acceptors (Lipinski definition) is 4. The van der Waals surface area contributed by atoms with Gasteiger partial charge in [-0.1, -0.05) is 6.07 Å². The van der Waals surface area contributed by atoms with E-state index in [0.717, 1.165) is 12.8 Å². The third kappa shape index (κ3) is 2.09. The number of methoxy groups -OCH3 is 1. The Hall–Kier alpha value is -1.88. The molecule has 2 amide bonds. The first-order chi connectivity index (χ1) is 8.66. The summed E-state index contributed by atoms with van der Waals surface area (Å²) in [6, 6.07) is 4.97. The molecule has 0 fully saturated rings. The Morgan fingerprint density at radius 1 is 1.22 bits per heavy atom. The molecule has 0 saturated heterocycles. The number of nitrogens with two attached hydrogens (primary N) is 1. The molecule has 0 radical (unpaired) electrons. The summed E-state index contributed by atoms with van der Waals surface area (Å²) in [4.78, 5) is 25.4. The van der Waals surface area contributed by atoms with Gasteiger partial charge in [0.2, 0.25) is 0 Å². The molecule has 2 rings (SSSR count). The van der Waals surface area contributed by atoms with Crippen molar-refractivity contribution >= 4 is 17.5 Å². The van der Waals surface area contributed by atoms with Gasteiger partial charge in [-0.3, -0.25) is 14.5 Å². The van der Waals surface area contributed by atoms with Crippen molar-refractivity contribution in [1.82, 2.24) is 4.90 Å². The highest BCUT2D eigenvalue weighted by Gasteiger charge is 2.36. The molecule has 1 aliphatic rings. The third-order valence-corrected chi connectivity index (χ3v) is 3.01. The number of fused-ring (bicyclic) bond motifs is 1. The Labute approximate surface area is 106 Å². The van der Waals surface area contributed by atoms with Crippen LogP contribution in [0.4, 0.5) is 5.69 Å². The number of anilines is 1. The molecule has 0 aliphatic carbocycles. The Morgan fingerprint density at radius 2 is 2.00 bits per heavy atom. The first-order valence-electron chi connectivity index (χ1n) is 5.90. The fraction of sp³-hybridized carbons (Fsp3) is 0.385. The van der Waals surface area contributed by atoms with E-state index in [1.807, 2.05) is 0 Å². The summed E-state index contributed by atoms with van der Waals surface area (Å²) >= 11 is 0. The fourth-order valence-electron chi connectivity index (χ4n) is 2.08. The molecule has 0 spiro atoms. The van der Waals surface area contributed by atoms with Gasteiger partial charge in [0.05, 0.1) is 11.1 Å². The van der Waals surface area contributed by atoms with Gasteiger partial charge in [-0.05, 0) is 25.0 Å². The van der Waals surface area contributed by atoms with Crippen LogP contribution in [0, 0.1) is 0 Å². The quantitative estimate of drug-likeness (QED) is 0.484. The second-order valence-electron chi connectivity index (χ2n) is 4.23. The van der Waals surface area contributed by atoms with Crippen LogP contribution in [0.3, 0.4) is 0 Å². The molecule has 0 atom stereocenters. The molecule has 0 bridgehead atoms. The molecule has 1 aromatic rings. The number of unbranched alkanes of at least 4 members (excludes halogenated alkanes) is 1. The topological polar surface area (TPSA) is 72.6 Å². The molecule has 0 unspecified atom stereocenters. The average molecular weight is 248 g/mol. The number of carbonyl (C=O) groups is 2. The highest BCUT2D eigenvalue weighted by atomic mass is 16.5. The first kappa shape index (κ1) is 12.6. The zero-order valence-corrected chi connectivity index (χ0v) is 10.3. The normalized spacial score (nSPS) is 14.2. The standard InChI is InChI=1S/C13H16N2O3/c1-18-8-3-2-7-15-12(16)9-5-4-6-10(14)11(9)13(15)17/h4-6H,2-3,7-8,14H2,1H3. The predicted octanol–water partition coefficient (Wildman–Crippen LogP) is 1.29. The molecule has 18 heavy (non-hydrogen) atoms. The van der Waals surface area contributed by atoms with Crippen molar-refractivity contribution in [2.24, 2.45) is 0 Å². The van der Waals surface area contributed by atoms with Crippen LogP contribution in [-0.4, -0.2) is 37.0 Å². The van der Waals surface area contributed by atoms with Crippen molar-refractivity contribution in [3.63, 3.8) is 0 Å². The van der Waals surface area contributed by atoms with Crippen molar-refractivity contribution in [2.75, 3.05) is 26.0 Å². The molecule has 1 aromatic carbocycles. The maximum atomic E-state index is 12.1. The van der Waals surface area contributed by atoms with Crippen LogP contribution in [0.2, 0.25) is 0 Å². The van der Waals surface area contributed by atoms with Crippen molar-refractivity contribution in [1.29, 1.82) is 0 Å². The minimum absolute atomic E-state index is 0.250. The predicted molar refractivity (Wildman–Crippen MR) is 67.3 cm³/mol. The van der Waals surface area contributed by atoms with Crippen molar-refractivity contribution < 1.29 is 14.3 Å². The number of hydrogen-bond donors (Lipinski definition) is 1. The van der Waals surface area contributed by atoms with Crippen LogP contribution < -0.4 is 5.73 Å². The monoisotopic (exact) mass is 248 g/mol. The van der Waals surface area contributed by atoms with E-state index < -0.39 is 0 Å². The van der Waals surface area contributed by atoms with Gasteiger partial charge in [0, 0.05) is 25.9 Å². The Bertz CT molecular complexity index is 485. The van der Waals surface area contributed by atoms with Crippen LogP contribution in [0.15, 0.2) is 18.2 Å². The van der Waals surface area contributed by atoms with Crippen LogP contribution >= 0.6 is 0 Å². The lowest BCUT2D eigenvalue weighted by Crippen LogP contribution is -2.31. The van der Waals surface area contributed by atoms with Gasteiger partial charge in [-0.2, -0.15) is 0 Å². The first-order valence-corrected chi connectivity index (χ1v) is 5.90. The summed E-state index contributed by atoms with van der Waals surface area (Å²) in [6.45, 7) is 1.04. The molecule has 5 nitrogen and oxygen atoms in total. The zero-order valence-electron chi connectivity index (χ0n) is 10.3. The van der Waals surface area contributed by atoms with Crippen molar-refractivity contribution in [3.05, 3.63) is 29.3 Å². The molecule has 5 heteroatoms. The molecular formula is C13H16N2O3. The van der Waals surface area contributed by atoms with Gasteiger partial charge in [0.25, 0.3) is 11.8 Å². The molecule has 1 heterocycles. The average Bonchev–Trinajstić information content (AvgIpc) is 2.60. The zero-order chi connectivity index (χ0) is 13.1. The van der Waals surface area contributed by atoms with E-state index in [1.165, 1.54) is 4.90 Å². The maximum absolute atomic E-state index is 12.1. The van der Waals surface area contributed by atoms with Gasteiger partial charge in [-0.25, -0.2) is 0 Å². The molecule has 0 saturated carbocycles. The van der Waals surface area contributed by atoms with E-state index in [9.17, 15) is 9.59 Å². The second-order valence-corrected chi connectivity index (χ2v) is 4.23. The Morgan fingerprint density at radius 3 is 2.67 bits per heavy atom. The largest absolute Gasteiger partial charge is 0.398 e. The summed E-state index contributed by atoms with van der Waals surface area (Å²) in [5, 5.41) is 0. The number of benzene rings is 1. The van der Waals surface area contributed by atoms with E-state index in [-0.39, 0.29) is 11.8 Å². The number of carbonyl (C=O) groups excluding carboxylic acids is 2. The molecule has 2 N–H and O–H groups in total. The number of imide groups is 1. The highest BCUT2D eigenvalue weighted by Crippen LogP contribution is 2.27. The lowest BCUT2D eigenvalue weighted by Gasteiger charge is -2.13. The van der Waals surface area contributed by atoms with E-state index in [1.54, 1.807) is 25.3 Å². The molecule has 1 aliphatic heterocycles. The van der Waals surface area contributed by atoms with E-state index >= 15 is 0 Å². The summed E-state index contributed by atoms with van der Waals surface area (Å²) < 4.78 is 4.93. The molecule has 0 aromatic heterocycles. The van der Waals surface area contributed by atoms with Gasteiger partial charge >= 0.3 is 0 Å². The van der Waals surface area contributed by atoms with E-state index in [4.69, 9.17) is 10.5 Å². The Kier molecular flexibility index (Phi) is 3.62. The third-order valence-electron chi connectivity index (χ3n) is 3.01. The minimum Gasteiger partial charge on any atom is -0.398 e. The molecular weight excluding hydrogens is 232 g/mol. The lowest BCUT2D eigenvalue weighted by atomic mass is 10.1.